The Balaban J connectivity index is 2.21. The minimum Gasteiger partial charge on any atom is -0.366 e. The highest BCUT2D eigenvalue weighted by Crippen LogP contribution is 2.45. The third kappa shape index (κ3) is 2.19. The van der Waals surface area contributed by atoms with Gasteiger partial charge in [0, 0.05) is 12.1 Å². The molecule has 0 atom stereocenters. The van der Waals surface area contributed by atoms with Gasteiger partial charge in [-0.1, -0.05) is 0 Å². The summed E-state index contributed by atoms with van der Waals surface area (Å²) in [5.74, 6) is -1.60. The molecule has 0 radical (unpaired) electrons. The SMILES string of the molecule is NCC1(C(=O)Nc2cc(C(N)=O)ccc2F)CC1. The molecule has 18 heavy (non-hydrogen) atoms. The third-order valence-corrected chi connectivity index (χ3v) is 3.23. The van der Waals surface area contributed by atoms with Crippen LogP contribution in [-0.4, -0.2) is 18.4 Å². The molecular formula is C12H14FN3O2. The van der Waals surface area contributed by atoms with Gasteiger partial charge in [-0.05, 0) is 31.0 Å². The molecule has 0 aromatic heterocycles. The lowest BCUT2D eigenvalue weighted by molar-refractivity contribution is -0.120. The van der Waals surface area contributed by atoms with E-state index in [0.717, 1.165) is 6.07 Å². The van der Waals surface area contributed by atoms with Crippen LogP contribution < -0.4 is 16.8 Å². The average molecular weight is 251 g/mol. The van der Waals surface area contributed by atoms with Crippen LogP contribution in [-0.2, 0) is 4.79 Å². The third-order valence-electron chi connectivity index (χ3n) is 3.23. The Bertz CT molecular complexity index is 512. The molecule has 1 aliphatic rings. The highest BCUT2D eigenvalue weighted by Gasteiger charge is 2.48. The zero-order valence-corrected chi connectivity index (χ0v) is 9.70. The predicted molar refractivity (Wildman–Crippen MR) is 64.3 cm³/mol. The smallest absolute Gasteiger partial charge is 0.248 e. The zero-order valence-electron chi connectivity index (χ0n) is 9.70. The molecule has 0 unspecified atom stereocenters. The van der Waals surface area contributed by atoms with E-state index in [1.807, 2.05) is 0 Å². The van der Waals surface area contributed by atoms with E-state index < -0.39 is 17.1 Å². The number of benzene rings is 1. The van der Waals surface area contributed by atoms with Gasteiger partial charge in [0.05, 0.1) is 11.1 Å². The highest BCUT2D eigenvalue weighted by molar-refractivity contribution is 5.99. The van der Waals surface area contributed by atoms with Crippen molar-refractivity contribution in [1.29, 1.82) is 0 Å². The number of carbonyl (C=O) groups excluding carboxylic acids is 2. The van der Waals surface area contributed by atoms with Crippen molar-refractivity contribution >= 4 is 17.5 Å². The van der Waals surface area contributed by atoms with E-state index in [2.05, 4.69) is 5.32 Å². The first-order chi connectivity index (χ1) is 8.48. The van der Waals surface area contributed by atoms with E-state index in [1.165, 1.54) is 12.1 Å². The van der Waals surface area contributed by atoms with Gasteiger partial charge in [0.2, 0.25) is 11.8 Å². The van der Waals surface area contributed by atoms with Gasteiger partial charge < -0.3 is 16.8 Å². The molecule has 0 heterocycles. The van der Waals surface area contributed by atoms with Crippen LogP contribution in [0.3, 0.4) is 0 Å². The molecule has 2 amide bonds. The standard InChI is InChI=1S/C12H14FN3O2/c13-8-2-1-7(10(15)17)5-9(8)16-11(18)12(6-14)3-4-12/h1-2,5H,3-4,6,14H2,(H2,15,17)(H,16,18). The van der Waals surface area contributed by atoms with Crippen molar-refractivity contribution in [1.82, 2.24) is 0 Å². The molecule has 1 aromatic rings. The summed E-state index contributed by atoms with van der Waals surface area (Å²) in [6.45, 7) is 0.232. The summed E-state index contributed by atoms with van der Waals surface area (Å²) in [5, 5.41) is 2.46. The van der Waals surface area contributed by atoms with Crippen molar-refractivity contribution in [3.63, 3.8) is 0 Å². The lowest BCUT2D eigenvalue weighted by Crippen LogP contribution is -2.31. The quantitative estimate of drug-likeness (QED) is 0.730. The number of hydrogen-bond acceptors (Lipinski definition) is 3. The Morgan fingerprint density at radius 2 is 2.06 bits per heavy atom. The van der Waals surface area contributed by atoms with Crippen molar-refractivity contribution in [3.8, 4) is 0 Å². The normalized spacial score (nSPS) is 16.1. The van der Waals surface area contributed by atoms with Gasteiger partial charge in [0.1, 0.15) is 5.82 Å². The van der Waals surface area contributed by atoms with Gasteiger partial charge in [-0.15, -0.1) is 0 Å². The first-order valence-corrected chi connectivity index (χ1v) is 5.59. The van der Waals surface area contributed by atoms with Crippen molar-refractivity contribution in [2.45, 2.75) is 12.8 Å². The summed E-state index contributed by atoms with van der Waals surface area (Å²) in [5.41, 5.74) is 10.1. The minimum atomic E-state index is -0.676. The monoisotopic (exact) mass is 251 g/mol. The van der Waals surface area contributed by atoms with Gasteiger partial charge in [0.15, 0.2) is 0 Å². The van der Waals surface area contributed by atoms with Crippen LogP contribution in [0.25, 0.3) is 0 Å². The fraction of sp³-hybridized carbons (Fsp3) is 0.333. The van der Waals surface area contributed by atoms with Gasteiger partial charge >= 0.3 is 0 Å². The molecule has 1 aromatic carbocycles. The first kappa shape index (κ1) is 12.5. The second kappa shape index (κ2) is 4.38. The number of carbonyl (C=O) groups is 2. The van der Waals surface area contributed by atoms with Crippen LogP contribution in [0.2, 0.25) is 0 Å². The fourth-order valence-electron chi connectivity index (χ4n) is 1.70. The Morgan fingerprint density at radius 1 is 1.39 bits per heavy atom. The number of primary amides is 1. The Kier molecular flexibility index (Phi) is 3.04. The van der Waals surface area contributed by atoms with Crippen molar-refractivity contribution in [3.05, 3.63) is 29.6 Å². The van der Waals surface area contributed by atoms with Crippen molar-refractivity contribution in [2.75, 3.05) is 11.9 Å². The van der Waals surface area contributed by atoms with Crippen LogP contribution in [0.4, 0.5) is 10.1 Å². The minimum absolute atomic E-state index is 0.0453. The molecule has 0 spiro atoms. The Hall–Kier alpha value is -1.95. The second-order valence-electron chi connectivity index (χ2n) is 4.50. The summed E-state index contributed by atoms with van der Waals surface area (Å²) in [6.07, 6.45) is 1.40. The molecule has 6 heteroatoms. The molecule has 0 saturated heterocycles. The Morgan fingerprint density at radius 3 is 2.56 bits per heavy atom. The molecule has 1 aliphatic carbocycles. The highest BCUT2D eigenvalue weighted by atomic mass is 19.1. The molecule has 5 nitrogen and oxygen atoms in total. The zero-order chi connectivity index (χ0) is 13.3. The van der Waals surface area contributed by atoms with Gasteiger partial charge in [-0.25, -0.2) is 4.39 Å². The average Bonchev–Trinajstić information content (AvgIpc) is 3.12. The summed E-state index contributed by atoms with van der Waals surface area (Å²) < 4.78 is 13.5. The fourth-order valence-corrected chi connectivity index (χ4v) is 1.70. The summed E-state index contributed by atoms with van der Waals surface area (Å²) in [4.78, 5) is 22.9. The maximum atomic E-state index is 13.5. The van der Waals surface area contributed by atoms with Crippen LogP contribution in [0.5, 0.6) is 0 Å². The van der Waals surface area contributed by atoms with E-state index in [4.69, 9.17) is 11.5 Å². The second-order valence-corrected chi connectivity index (χ2v) is 4.50. The number of hydrogen-bond donors (Lipinski definition) is 3. The molecule has 2 rings (SSSR count). The molecule has 1 fully saturated rings. The van der Waals surface area contributed by atoms with Gasteiger partial charge in [-0.2, -0.15) is 0 Å². The predicted octanol–water partition coefficient (Wildman–Crippen LogP) is 0.602. The van der Waals surface area contributed by atoms with E-state index in [9.17, 15) is 14.0 Å². The molecule has 0 aliphatic heterocycles. The summed E-state index contributed by atoms with van der Waals surface area (Å²) >= 11 is 0. The van der Waals surface area contributed by atoms with Crippen molar-refractivity contribution in [2.24, 2.45) is 16.9 Å². The molecule has 5 N–H and O–H groups in total. The van der Waals surface area contributed by atoms with Crippen LogP contribution in [0.15, 0.2) is 18.2 Å². The molecule has 1 saturated carbocycles. The van der Waals surface area contributed by atoms with E-state index >= 15 is 0 Å². The maximum absolute atomic E-state index is 13.5. The number of rotatable bonds is 4. The lowest BCUT2D eigenvalue weighted by atomic mass is 10.1. The van der Waals surface area contributed by atoms with E-state index in [-0.39, 0.29) is 23.7 Å². The van der Waals surface area contributed by atoms with E-state index in [0.29, 0.717) is 12.8 Å². The Labute approximate surface area is 103 Å². The number of amides is 2. The number of anilines is 1. The van der Waals surface area contributed by atoms with E-state index in [1.54, 1.807) is 0 Å². The van der Waals surface area contributed by atoms with Crippen LogP contribution in [0.1, 0.15) is 23.2 Å². The number of nitrogens with one attached hydrogen (secondary N) is 1. The van der Waals surface area contributed by atoms with Gasteiger partial charge in [0.25, 0.3) is 0 Å². The van der Waals surface area contributed by atoms with Crippen LogP contribution in [0, 0.1) is 11.2 Å². The summed E-state index contributed by atoms with van der Waals surface area (Å²) in [7, 11) is 0. The summed E-state index contributed by atoms with van der Waals surface area (Å²) in [6, 6.07) is 3.59. The molecule has 0 bridgehead atoms. The maximum Gasteiger partial charge on any atom is 0.248 e. The first-order valence-electron chi connectivity index (χ1n) is 5.59. The number of nitrogens with two attached hydrogens (primary N) is 2. The van der Waals surface area contributed by atoms with Gasteiger partial charge in [-0.3, -0.25) is 9.59 Å². The van der Waals surface area contributed by atoms with Crippen molar-refractivity contribution < 1.29 is 14.0 Å². The number of halogens is 1. The lowest BCUT2D eigenvalue weighted by Gasteiger charge is -2.13. The molecular weight excluding hydrogens is 237 g/mol. The molecule has 96 valence electrons. The largest absolute Gasteiger partial charge is 0.366 e. The topological polar surface area (TPSA) is 98.2 Å². The van der Waals surface area contributed by atoms with Crippen LogP contribution >= 0.6 is 0 Å².